The van der Waals surface area contributed by atoms with Crippen molar-refractivity contribution in [2.45, 2.75) is 19.4 Å². The van der Waals surface area contributed by atoms with Gasteiger partial charge in [-0.3, -0.25) is 9.59 Å². The summed E-state index contributed by atoms with van der Waals surface area (Å²) in [7, 11) is 1.35. The van der Waals surface area contributed by atoms with Crippen LogP contribution in [-0.4, -0.2) is 36.4 Å². The Labute approximate surface area is 93.6 Å². The molecule has 0 saturated carbocycles. The number of hydrogen-bond acceptors (Lipinski definition) is 5. The number of carbonyl (C=O) groups excluding carboxylic acids is 2. The highest BCUT2D eigenvalue weighted by molar-refractivity contribution is 6.21. The average Bonchev–Trinajstić information content (AvgIpc) is 2.26. The second-order valence-corrected chi connectivity index (χ2v) is 3.67. The van der Waals surface area contributed by atoms with Gasteiger partial charge in [0.2, 0.25) is 5.78 Å². The molecule has 1 aliphatic rings. The van der Waals surface area contributed by atoms with Gasteiger partial charge in [-0.1, -0.05) is 0 Å². The van der Waals surface area contributed by atoms with E-state index in [-0.39, 0.29) is 35.9 Å². The number of hydrogen-bond donors (Lipinski definition) is 2. The molecule has 0 unspecified atom stereocenters. The number of nitrogens with two attached hydrogens (primary N) is 1. The van der Waals surface area contributed by atoms with Crippen LogP contribution in [0.4, 0.5) is 0 Å². The third-order valence-electron chi connectivity index (χ3n) is 2.42. The van der Waals surface area contributed by atoms with Crippen molar-refractivity contribution in [3.8, 4) is 0 Å². The van der Waals surface area contributed by atoms with Crippen LogP contribution < -0.4 is 5.73 Å². The summed E-state index contributed by atoms with van der Waals surface area (Å²) < 4.78 is 4.85. The normalized spacial score (nSPS) is 18.6. The molecule has 0 aromatic heterocycles. The first-order valence-corrected chi connectivity index (χ1v) is 4.92. The molecule has 0 heterocycles. The Morgan fingerprint density at radius 3 is 2.62 bits per heavy atom. The summed E-state index contributed by atoms with van der Waals surface area (Å²) in [4.78, 5) is 23.3. The van der Waals surface area contributed by atoms with Crippen LogP contribution in [0.2, 0.25) is 0 Å². The van der Waals surface area contributed by atoms with Crippen LogP contribution in [0.3, 0.4) is 0 Å². The molecule has 0 bridgehead atoms. The minimum Gasteiger partial charge on any atom is -0.492 e. The standard InChI is InChI=1S/C11H15NO4/c1-6-10(15)7(3-8(12)5-13)4-9(14)11(6)16-2/h4,8,13H,3,5,12H2,1-2H3/t8-/m0/s1. The van der Waals surface area contributed by atoms with Crippen molar-refractivity contribution in [2.75, 3.05) is 13.7 Å². The van der Waals surface area contributed by atoms with Crippen LogP contribution in [0.25, 0.3) is 0 Å². The molecule has 0 aromatic rings. The zero-order chi connectivity index (χ0) is 12.3. The largest absolute Gasteiger partial charge is 0.492 e. The maximum atomic E-state index is 11.8. The molecule has 1 atom stereocenters. The Morgan fingerprint density at radius 2 is 2.12 bits per heavy atom. The van der Waals surface area contributed by atoms with Gasteiger partial charge in [-0.2, -0.15) is 0 Å². The van der Waals surface area contributed by atoms with Crippen molar-refractivity contribution in [3.63, 3.8) is 0 Å². The highest BCUT2D eigenvalue weighted by Gasteiger charge is 2.27. The fourth-order valence-corrected chi connectivity index (χ4v) is 1.57. The molecule has 0 saturated heterocycles. The molecule has 0 aromatic carbocycles. The lowest BCUT2D eigenvalue weighted by Gasteiger charge is -2.17. The molecule has 0 radical (unpaired) electrons. The van der Waals surface area contributed by atoms with E-state index >= 15 is 0 Å². The van der Waals surface area contributed by atoms with E-state index < -0.39 is 6.04 Å². The van der Waals surface area contributed by atoms with Crippen molar-refractivity contribution >= 4 is 11.6 Å². The van der Waals surface area contributed by atoms with Crippen molar-refractivity contribution in [1.29, 1.82) is 0 Å². The number of rotatable bonds is 4. The van der Waals surface area contributed by atoms with E-state index in [0.717, 1.165) is 0 Å². The van der Waals surface area contributed by atoms with Crippen molar-refractivity contribution < 1.29 is 19.4 Å². The summed E-state index contributed by atoms with van der Waals surface area (Å²) in [5.41, 5.74) is 6.13. The molecule has 5 heteroatoms. The van der Waals surface area contributed by atoms with Crippen LogP contribution >= 0.6 is 0 Å². The van der Waals surface area contributed by atoms with Gasteiger partial charge in [0.25, 0.3) is 0 Å². The predicted octanol–water partition coefficient (Wildman–Crippen LogP) is -0.305. The van der Waals surface area contributed by atoms with Crippen molar-refractivity contribution in [3.05, 3.63) is 23.0 Å². The fourth-order valence-electron chi connectivity index (χ4n) is 1.57. The van der Waals surface area contributed by atoms with E-state index in [9.17, 15) is 9.59 Å². The van der Waals surface area contributed by atoms with Gasteiger partial charge in [0.05, 0.1) is 13.7 Å². The molecule has 0 fully saturated rings. The quantitative estimate of drug-likeness (QED) is 0.641. The SMILES string of the molecule is COC1=C(C)C(=O)C(C[C@H](N)CO)=CC1=O. The average molecular weight is 225 g/mol. The Balaban J connectivity index is 2.93. The third-order valence-corrected chi connectivity index (χ3v) is 2.42. The van der Waals surface area contributed by atoms with Crippen molar-refractivity contribution in [1.82, 2.24) is 0 Å². The minimum absolute atomic E-state index is 0.0753. The van der Waals surface area contributed by atoms with Crippen LogP contribution in [0.15, 0.2) is 23.0 Å². The monoisotopic (exact) mass is 225 g/mol. The first kappa shape index (κ1) is 12.6. The predicted molar refractivity (Wildman–Crippen MR) is 57.5 cm³/mol. The van der Waals surface area contributed by atoms with Crippen LogP contribution in [0, 0.1) is 0 Å². The summed E-state index contributed by atoms with van der Waals surface area (Å²) in [6.45, 7) is 1.31. The van der Waals surface area contributed by atoms with E-state index in [1.54, 1.807) is 0 Å². The second kappa shape index (κ2) is 5.05. The molecule has 3 N–H and O–H groups in total. The number of aliphatic hydroxyl groups excluding tert-OH is 1. The summed E-state index contributed by atoms with van der Waals surface area (Å²) in [5.74, 6) is -0.508. The molecule has 1 rings (SSSR count). The number of Topliss-reactive ketones (excluding diaryl/α,β-unsaturated/α-hetero) is 1. The maximum absolute atomic E-state index is 11.8. The Hall–Kier alpha value is -1.46. The maximum Gasteiger partial charge on any atom is 0.221 e. The topological polar surface area (TPSA) is 89.6 Å². The van der Waals surface area contributed by atoms with Gasteiger partial charge < -0.3 is 15.6 Å². The van der Waals surface area contributed by atoms with Gasteiger partial charge in [0.1, 0.15) is 0 Å². The van der Waals surface area contributed by atoms with Crippen LogP contribution in [-0.2, 0) is 14.3 Å². The molecule has 5 nitrogen and oxygen atoms in total. The molecule has 0 aliphatic heterocycles. The van der Waals surface area contributed by atoms with Gasteiger partial charge in [-0.05, 0) is 19.4 Å². The van der Waals surface area contributed by atoms with E-state index in [2.05, 4.69) is 0 Å². The smallest absolute Gasteiger partial charge is 0.221 e. The zero-order valence-electron chi connectivity index (χ0n) is 9.32. The summed E-state index contributed by atoms with van der Waals surface area (Å²) >= 11 is 0. The number of methoxy groups -OCH3 is 1. The van der Waals surface area contributed by atoms with Gasteiger partial charge in [-0.15, -0.1) is 0 Å². The zero-order valence-corrected chi connectivity index (χ0v) is 9.32. The van der Waals surface area contributed by atoms with E-state index in [4.69, 9.17) is 15.6 Å². The molecule has 1 aliphatic carbocycles. The lowest BCUT2D eigenvalue weighted by atomic mass is 9.91. The van der Waals surface area contributed by atoms with E-state index in [1.165, 1.54) is 20.1 Å². The highest BCUT2D eigenvalue weighted by Crippen LogP contribution is 2.21. The number of ether oxygens (including phenoxy) is 1. The fraction of sp³-hybridized carbons (Fsp3) is 0.455. The number of ketones is 2. The van der Waals surface area contributed by atoms with Gasteiger partial charge in [-0.25, -0.2) is 0 Å². The van der Waals surface area contributed by atoms with Crippen molar-refractivity contribution in [2.24, 2.45) is 5.73 Å². The minimum atomic E-state index is -0.528. The Morgan fingerprint density at radius 1 is 1.50 bits per heavy atom. The van der Waals surface area contributed by atoms with Gasteiger partial charge in [0.15, 0.2) is 11.5 Å². The highest BCUT2D eigenvalue weighted by atomic mass is 16.5. The molecule has 88 valence electrons. The van der Waals surface area contributed by atoms with Gasteiger partial charge in [0, 0.05) is 17.2 Å². The second-order valence-electron chi connectivity index (χ2n) is 3.67. The van der Waals surface area contributed by atoms with E-state index in [1.807, 2.05) is 0 Å². The molecule has 0 amide bonds. The molecular formula is C11H15NO4. The Bertz CT molecular complexity index is 381. The number of aliphatic hydroxyl groups is 1. The van der Waals surface area contributed by atoms with E-state index in [0.29, 0.717) is 5.57 Å². The van der Waals surface area contributed by atoms with Crippen LogP contribution in [0.1, 0.15) is 13.3 Å². The summed E-state index contributed by atoms with van der Waals surface area (Å²) in [6, 6.07) is -0.528. The molecular weight excluding hydrogens is 210 g/mol. The molecule has 0 spiro atoms. The molecule has 16 heavy (non-hydrogen) atoms. The summed E-state index contributed by atoms with van der Waals surface area (Å²) in [5, 5.41) is 8.80. The first-order valence-electron chi connectivity index (χ1n) is 4.92. The number of carbonyl (C=O) groups is 2. The van der Waals surface area contributed by atoms with Crippen LogP contribution in [0.5, 0.6) is 0 Å². The lowest BCUT2D eigenvalue weighted by molar-refractivity contribution is -0.118. The first-order chi connectivity index (χ1) is 7.51. The Kier molecular flexibility index (Phi) is 3.98. The number of allylic oxidation sites excluding steroid dienone is 2. The summed E-state index contributed by atoms with van der Waals surface area (Å²) in [6.07, 6.45) is 1.42. The third kappa shape index (κ3) is 2.37. The lowest BCUT2D eigenvalue weighted by Crippen LogP contribution is -2.28. The van der Waals surface area contributed by atoms with Gasteiger partial charge >= 0.3 is 0 Å².